The maximum atomic E-state index is 12.7. The van der Waals surface area contributed by atoms with E-state index in [0.717, 1.165) is 17.7 Å². The molecule has 0 saturated carbocycles. The van der Waals surface area contributed by atoms with Gasteiger partial charge in [0.15, 0.2) is 0 Å². The van der Waals surface area contributed by atoms with Gasteiger partial charge in [-0.1, -0.05) is 32.0 Å². The predicted octanol–water partition coefficient (Wildman–Crippen LogP) is 1.92. The van der Waals surface area contributed by atoms with Crippen molar-refractivity contribution in [2.75, 3.05) is 30.3 Å². The highest BCUT2D eigenvalue weighted by molar-refractivity contribution is 7.89. The molecule has 2 fully saturated rings. The van der Waals surface area contributed by atoms with Crippen molar-refractivity contribution in [2.45, 2.75) is 52.0 Å². The van der Waals surface area contributed by atoms with E-state index in [0.29, 0.717) is 38.9 Å². The first-order valence-electron chi connectivity index (χ1n) is 10.5. The van der Waals surface area contributed by atoms with Crippen LogP contribution in [0.5, 0.6) is 0 Å². The van der Waals surface area contributed by atoms with Gasteiger partial charge in [0.25, 0.3) is 0 Å². The fourth-order valence-corrected chi connectivity index (χ4v) is 5.71. The van der Waals surface area contributed by atoms with Gasteiger partial charge in [-0.15, -0.1) is 0 Å². The number of para-hydroxylation sites is 1. The number of hydrogen-bond donors (Lipinski definition) is 1. The van der Waals surface area contributed by atoms with E-state index in [-0.39, 0.29) is 35.9 Å². The Morgan fingerprint density at radius 1 is 1.17 bits per heavy atom. The van der Waals surface area contributed by atoms with E-state index >= 15 is 0 Å². The molecule has 29 heavy (non-hydrogen) atoms. The number of nitrogens with one attached hydrogen (secondary N) is 1. The molecule has 1 aromatic carbocycles. The Hall–Kier alpha value is -1.93. The minimum absolute atomic E-state index is 0.0217. The lowest BCUT2D eigenvalue weighted by atomic mass is 10.0. The van der Waals surface area contributed by atoms with E-state index in [9.17, 15) is 18.0 Å². The van der Waals surface area contributed by atoms with Crippen molar-refractivity contribution in [3.8, 4) is 0 Å². The number of amides is 2. The van der Waals surface area contributed by atoms with E-state index in [1.54, 1.807) is 4.90 Å². The molecule has 2 heterocycles. The van der Waals surface area contributed by atoms with Crippen LogP contribution < -0.4 is 10.2 Å². The summed E-state index contributed by atoms with van der Waals surface area (Å²) in [5.74, 6) is -0.325. The summed E-state index contributed by atoms with van der Waals surface area (Å²) in [6.07, 6.45) is 2.87. The predicted molar refractivity (Wildman–Crippen MR) is 113 cm³/mol. The largest absolute Gasteiger partial charge is 0.353 e. The SMILES string of the molecule is CCCS(=O)(=O)N1CCC(NC(=O)[C@@H]2CC(=O)N(c3ccccc3CC)C2)CC1. The number of sulfonamides is 1. The van der Waals surface area contributed by atoms with E-state index in [2.05, 4.69) is 12.2 Å². The van der Waals surface area contributed by atoms with Crippen LogP contribution in [0.4, 0.5) is 5.69 Å². The smallest absolute Gasteiger partial charge is 0.227 e. The highest BCUT2D eigenvalue weighted by atomic mass is 32.2. The molecule has 1 aromatic rings. The Morgan fingerprint density at radius 3 is 2.52 bits per heavy atom. The molecular weight excluding hydrogens is 390 g/mol. The number of nitrogens with zero attached hydrogens (tertiary/aromatic N) is 2. The summed E-state index contributed by atoms with van der Waals surface area (Å²) < 4.78 is 25.9. The van der Waals surface area contributed by atoms with E-state index in [1.807, 2.05) is 31.2 Å². The Morgan fingerprint density at radius 2 is 1.86 bits per heavy atom. The van der Waals surface area contributed by atoms with Crippen LogP contribution in [0.25, 0.3) is 0 Å². The Kier molecular flexibility index (Phi) is 6.95. The summed E-state index contributed by atoms with van der Waals surface area (Å²) in [6, 6.07) is 7.78. The van der Waals surface area contributed by atoms with E-state index in [1.165, 1.54) is 4.31 Å². The molecule has 160 valence electrons. The number of aryl methyl sites for hydroxylation is 1. The highest BCUT2D eigenvalue weighted by Gasteiger charge is 2.37. The summed E-state index contributed by atoms with van der Waals surface area (Å²) in [5, 5.41) is 3.05. The van der Waals surface area contributed by atoms with E-state index in [4.69, 9.17) is 0 Å². The molecule has 0 spiro atoms. The van der Waals surface area contributed by atoms with Crippen LogP contribution in [0.15, 0.2) is 24.3 Å². The normalized spacial score (nSPS) is 21.5. The third-order valence-electron chi connectivity index (χ3n) is 5.81. The summed E-state index contributed by atoms with van der Waals surface area (Å²) in [6.45, 7) is 5.18. The Balaban J connectivity index is 1.55. The number of carbonyl (C=O) groups excluding carboxylic acids is 2. The molecule has 2 saturated heterocycles. The number of benzene rings is 1. The number of carbonyl (C=O) groups is 2. The second kappa shape index (κ2) is 9.26. The molecule has 1 atom stereocenters. The van der Waals surface area contributed by atoms with Crippen molar-refractivity contribution < 1.29 is 18.0 Å². The topological polar surface area (TPSA) is 86.8 Å². The number of hydrogen-bond acceptors (Lipinski definition) is 4. The van der Waals surface area contributed by atoms with Crippen LogP contribution in [0.1, 0.15) is 45.1 Å². The van der Waals surface area contributed by atoms with Crippen LogP contribution in [-0.2, 0) is 26.0 Å². The maximum absolute atomic E-state index is 12.7. The molecule has 8 heteroatoms. The molecule has 3 rings (SSSR count). The zero-order valence-electron chi connectivity index (χ0n) is 17.3. The first-order chi connectivity index (χ1) is 13.9. The zero-order chi connectivity index (χ0) is 21.0. The Labute approximate surface area is 173 Å². The average molecular weight is 422 g/mol. The van der Waals surface area contributed by atoms with Gasteiger partial charge in [0.05, 0.1) is 11.7 Å². The summed E-state index contributed by atoms with van der Waals surface area (Å²) in [4.78, 5) is 27.0. The zero-order valence-corrected chi connectivity index (χ0v) is 18.1. The maximum Gasteiger partial charge on any atom is 0.227 e. The van der Waals surface area contributed by atoms with E-state index < -0.39 is 10.0 Å². The van der Waals surface area contributed by atoms with Gasteiger partial charge in [-0.3, -0.25) is 9.59 Å². The molecule has 0 radical (unpaired) electrons. The van der Waals surface area contributed by atoms with Gasteiger partial charge in [0.2, 0.25) is 21.8 Å². The van der Waals surface area contributed by atoms with Crippen molar-refractivity contribution in [3.05, 3.63) is 29.8 Å². The van der Waals surface area contributed by atoms with Gasteiger partial charge in [0, 0.05) is 37.8 Å². The monoisotopic (exact) mass is 421 g/mol. The third kappa shape index (κ3) is 4.98. The summed E-state index contributed by atoms with van der Waals surface area (Å²) >= 11 is 0. The third-order valence-corrected chi connectivity index (χ3v) is 7.89. The van der Waals surface area contributed by atoms with Crippen molar-refractivity contribution in [1.29, 1.82) is 0 Å². The molecule has 2 aliphatic rings. The minimum atomic E-state index is -3.18. The molecule has 0 aliphatic carbocycles. The number of anilines is 1. The van der Waals surface area contributed by atoms with Gasteiger partial charge >= 0.3 is 0 Å². The number of rotatable bonds is 7. The van der Waals surface area contributed by atoms with Crippen LogP contribution >= 0.6 is 0 Å². The molecule has 0 bridgehead atoms. The minimum Gasteiger partial charge on any atom is -0.353 e. The fraction of sp³-hybridized carbons (Fsp3) is 0.619. The first kappa shape index (κ1) is 21.8. The fourth-order valence-electron chi connectivity index (χ4n) is 4.17. The second-order valence-electron chi connectivity index (χ2n) is 7.89. The van der Waals surface area contributed by atoms with Crippen LogP contribution in [0.2, 0.25) is 0 Å². The highest BCUT2D eigenvalue weighted by Crippen LogP contribution is 2.29. The second-order valence-corrected chi connectivity index (χ2v) is 9.97. The molecule has 0 aromatic heterocycles. The first-order valence-corrected chi connectivity index (χ1v) is 12.1. The van der Waals surface area contributed by atoms with Crippen molar-refractivity contribution in [1.82, 2.24) is 9.62 Å². The standard InChI is InChI=1S/C21H31N3O4S/c1-3-13-29(27,28)23-11-9-18(10-12-23)22-21(26)17-14-20(25)24(15-17)19-8-6-5-7-16(19)4-2/h5-8,17-18H,3-4,9-15H2,1-2H3,(H,22,26)/t17-/m1/s1. The lowest BCUT2D eigenvalue weighted by Gasteiger charge is -2.32. The molecule has 1 N–H and O–H groups in total. The van der Waals surface area contributed by atoms with Crippen LogP contribution in [0, 0.1) is 5.92 Å². The van der Waals surface area contributed by atoms with Gasteiger partial charge < -0.3 is 10.2 Å². The van der Waals surface area contributed by atoms with Gasteiger partial charge in [0.1, 0.15) is 0 Å². The molecule has 0 unspecified atom stereocenters. The summed E-state index contributed by atoms with van der Waals surface area (Å²) in [7, 11) is -3.18. The van der Waals surface area contributed by atoms with Gasteiger partial charge in [-0.2, -0.15) is 0 Å². The molecule has 2 aliphatic heterocycles. The molecule has 7 nitrogen and oxygen atoms in total. The lowest BCUT2D eigenvalue weighted by molar-refractivity contribution is -0.127. The van der Waals surface area contributed by atoms with Crippen LogP contribution in [-0.4, -0.2) is 56.0 Å². The Bertz CT molecular complexity index is 847. The van der Waals surface area contributed by atoms with Crippen molar-refractivity contribution in [3.63, 3.8) is 0 Å². The van der Waals surface area contributed by atoms with Crippen molar-refractivity contribution >= 4 is 27.5 Å². The van der Waals surface area contributed by atoms with Crippen molar-refractivity contribution in [2.24, 2.45) is 5.92 Å². The van der Waals surface area contributed by atoms with Gasteiger partial charge in [-0.05, 0) is 37.3 Å². The molecular formula is C21H31N3O4S. The van der Waals surface area contributed by atoms with Gasteiger partial charge in [-0.25, -0.2) is 12.7 Å². The van der Waals surface area contributed by atoms with Crippen LogP contribution in [0.3, 0.4) is 0 Å². The number of piperidine rings is 1. The average Bonchev–Trinajstić information content (AvgIpc) is 3.10. The lowest BCUT2D eigenvalue weighted by Crippen LogP contribution is -2.48. The summed E-state index contributed by atoms with van der Waals surface area (Å²) in [5.41, 5.74) is 1.99. The quantitative estimate of drug-likeness (QED) is 0.729. The molecule has 2 amide bonds.